The lowest BCUT2D eigenvalue weighted by Gasteiger charge is -2.21. The zero-order chi connectivity index (χ0) is 12.7. The van der Waals surface area contributed by atoms with Crippen LogP contribution in [-0.2, 0) is 6.42 Å². The molecule has 1 heteroatoms. The molecule has 0 bridgehead atoms. The first-order valence-electron chi connectivity index (χ1n) is 7.06. The van der Waals surface area contributed by atoms with Crippen LogP contribution in [0.2, 0.25) is 0 Å². The summed E-state index contributed by atoms with van der Waals surface area (Å²) in [6, 6.07) is 10.2. The van der Waals surface area contributed by atoms with Crippen LogP contribution in [0.4, 0.5) is 0 Å². The molecule has 0 heterocycles. The summed E-state index contributed by atoms with van der Waals surface area (Å²) in [5, 5.41) is 3.68. The maximum atomic E-state index is 3.68. The second kappa shape index (κ2) is 7.50. The molecule has 0 radical (unpaired) electrons. The van der Waals surface area contributed by atoms with Crippen LogP contribution in [0, 0.1) is 0 Å². The van der Waals surface area contributed by atoms with Gasteiger partial charge in [-0.3, -0.25) is 0 Å². The number of hydrogen-bond acceptors (Lipinski definition) is 1. The molecular formula is C16H27N. The first kappa shape index (κ1) is 14.2. The Morgan fingerprint density at radius 2 is 1.59 bits per heavy atom. The minimum absolute atomic E-state index is 0.454. The summed E-state index contributed by atoms with van der Waals surface area (Å²) < 4.78 is 0. The first-order valence-corrected chi connectivity index (χ1v) is 7.06. The van der Waals surface area contributed by atoms with Crippen molar-refractivity contribution in [3.05, 3.63) is 35.4 Å². The fraction of sp³-hybridized carbons (Fsp3) is 0.625. The summed E-state index contributed by atoms with van der Waals surface area (Å²) >= 11 is 0. The van der Waals surface area contributed by atoms with E-state index in [9.17, 15) is 0 Å². The highest BCUT2D eigenvalue weighted by molar-refractivity contribution is 5.24. The van der Waals surface area contributed by atoms with Crippen molar-refractivity contribution in [2.75, 3.05) is 0 Å². The molecule has 0 fully saturated rings. The Morgan fingerprint density at radius 3 is 2.06 bits per heavy atom. The van der Waals surface area contributed by atoms with E-state index < -0.39 is 0 Å². The lowest BCUT2D eigenvalue weighted by atomic mass is 10.0. The lowest BCUT2D eigenvalue weighted by Crippen LogP contribution is -2.30. The van der Waals surface area contributed by atoms with Crippen LogP contribution in [0.1, 0.15) is 64.1 Å². The van der Waals surface area contributed by atoms with Gasteiger partial charge in [-0.1, -0.05) is 51.5 Å². The van der Waals surface area contributed by atoms with Crippen molar-refractivity contribution in [1.82, 2.24) is 5.32 Å². The van der Waals surface area contributed by atoms with Crippen LogP contribution in [0.3, 0.4) is 0 Å². The average molecular weight is 233 g/mol. The molecule has 1 aromatic rings. The molecule has 0 aliphatic rings. The van der Waals surface area contributed by atoms with Crippen LogP contribution < -0.4 is 5.32 Å². The van der Waals surface area contributed by atoms with E-state index in [2.05, 4.69) is 57.3 Å². The SMILES string of the molecule is CCCc1ccc(C(C)NC(CC)CC)cc1. The number of hydrogen-bond donors (Lipinski definition) is 1. The molecule has 0 saturated heterocycles. The first-order chi connectivity index (χ1) is 8.21. The van der Waals surface area contributed by atoms with Gasteiger partial charge >= 0.3 is 0 Å². The van der Waals surface area contributed by atoms with Crippen molar-refractivity contribution in [2.45, 2.75) is 65.5 Å². The van der Waals surface area contributed by atoms with E-state index in [1.165, 1.54) is 36.8 Å². The molecule has 1 N–H and O–H groups in total. The third-order valence-corrected chi connectivity index (χ3v) is 3.49. The Hall–Kier alpha value is -0.820. The van der Waals surface area contributed by atoms with Crippen molar-refractivity contribution in [3.63, 3.8) is 0 Å². The quantitative estimate of drug-likeness (QED) is 0.732. The van der Waals surface area contributed by atoms with E-state index in [4.69, 9.17) is 0 Å². The second-order valence-corrected chi connectivity index (χ2v) is 4.89. The summed E-state index contributed by atoms with van der Waals surface area (Å²) in [7, 11) is 0. The van der Waals surface area contributed by atoms with E-state index in [1.54, 1.807) is 0 Å². The van der Waals surface area contributed by atoms with Crippen LogP contribution in [0.5, 0.6) is 0 Å². The van der Waals surface area contributed by atoms with Gasteiger partial charge in [0, 0.05) is 12.1 Å². The molecule has 0 spiro atoms. The van der Waals surface area contributed by atoms with Crippen LogP contribution in [0.15, 0.2) is 24.3 Å². The lowest BCUT2D eigenvalue weighted by molar-refractivity contribution is 0.432. The van der Waals surface area contributed by atoms with Crippen molar-refractivity contribution in [3.8, 4) is 0 Å². The zero-order valence-electron chi connectivity index (χ0n) is 11.8. The van der Waals surface area contributed by atoms with E-state index in [1.807, 2.05) is 0 Å². The molecular weight excluding hydrogens is 206 g/mol. The van der Waals surface area contributed by atoms with E-state index in [0.29, 0.717) is 12.1 Å². The van der Waals surface area contributed by atoms with Gasteiger partial charge in [0.15, 0.2) is 0 Å². The standard InChI is InChI=1S/C16H27N/c1-5-8-14-9-11-15(12-10-14)13(4)17-16(6-2)7-3/h9-13,16-17H,5-8H2,1-4H3. The van der Waals surface area contributed by atoms with Crippen molar-refractivity contribution >= 4 is 0 Å². The molecule has 1 unspecified atom stereocenters. The van der Waals surface area contributed by atoms with E-state index >= 15 is 0 Å². The molecule has 0 aliphatic carbocycles. The van der Waals surface area contributed by atoms with Crippen LogP contribution in [0.25, 0.3) is 0 Å². The van der Waals surface area contributed by atoms with Gasteiger partial charge in [0.05, 0.1) is 0 Å². The van der Waals surface area contributed by atoms with Gasteiger partial charge < -0.3 is 5.32 Å². The summed E-state index contributed by atoms with van der Waals surface area (Å²) in [6.45, 7) is 8.98. The minimum atomic E-state index is 0.454. The molecule has 0 aliphatic heterocycles. The smallest absolute Gasteiger partial charge is 0.0294 e. The Balaban J connectivity index is 2.59. The molecule has 1 rings (SSSR count). The van der Waals surface area contributed by atoms with Gasteiger partial charge in [-0.05, 0) is 37.3 Å². The molecule has 17 heavy (non-hydrogen) atoms. The maximum absolute atomic E-state index is 3.68. The van der Waals surface area contributed by atoms with Gasteiger partial charge in [-0.15, -0.1) is 0 Å². The topological polar surface area (TPSA) is 12.0 Å². The van der Waals surface area contributed by atoms with E-state index in [0.717, 1.165) is 0 Å². The highest BCUT2D eigenvalue weighted by Gasteiger charge is 2.09. The van der Waals surface area contributed by atoms with Gasteiger partial charge in [-0.2, -0.15) is 0 Å². The molecule has 1 nitrogen and oxygen atoms in total. The molecule has 0 amide bonds. The van der Waals surface area contributed by atoms with Crippen molar-refractivity contribution in [1.29, 1.82) is 0 Å². The monoisotopic (exact) mass is 233 g/mol. The summed E-state index contributed by atoms with van der Waals surface area (Å²) in [5.74, 6) is 0. The highest BCUT2D eigenvalue weighted by atomic mass is 14.9. The Morgan fingerprint density at radius 1 is 1.00 bits per heavy atom. The van der Waals surface area contributed by atoms with Gasteiger partial charge in [0.1, 0.15) is 0 Å². The fourth-order valence-electron chi connectivity index (χ4n) is 2.24. The van der Waals surface area contributed by atoms with Gasteiger partial charge in [0.2, 0.25) is 0 Å². The number of rotatable bonds is 7. The Labute approximate surface area is 107 Å². The van der Waals surface area contributed by atoms with E-state index in [-0.39, 0.29) is 0 Å². The number of benzene rings is 1. The summed E-state index contributed by atoms with van der Waals surface area (Å²) in [5.41, 5.74) is 2.85. The third-order valence-electron chi connectivity index (χ3n) is 3.49. The van der Waals surface area contributed by atoms with Crippen molar-refractivity contribution < 1.29 is 0 Å². The summed E-state index contributed by atoms with van der Waals surface area (Å²) in [6.07, 6.45) is 4.82. The summed E-state index contributed by atoms with van der Waals surface area (Å²) in [4.78, 5) is 0. The second-order valence-electron chi connectivity index (χ2n) is 4.89. The predicted molar refractivity (Wildman–Crippen MR) is 76.4 cm³/mol. The van der Waals surface area contributed by atoms with Crippen LogP contribution >= 0.6 is 0 Å². The number of aryl methyl sites for hydroxylation is 1. The normalized spacial score (nSPS) is 13.0. The molecule has 1 aromatic carbocycles. The molecule has 96 valence electrons. The molecule has 1 atom stereocenters. The molecule has 0 aromatic heterocycles. The van der Waals surface area contributed by atoms with Gasteiger partial charge in [0.25, 0.3) is 0 Å². The largest absolute Gasteiger partial charge is 0.307 e. The number of nitrogens with one attached hydrogen (secondary N) is 1. The third kappa shape index (κ3) is 4.51. The fourth-order valence-corrected chi connectivity index (χ4v) is 2.24. The zero-order valence-corrected chi connectivity index (χ0v) is 11.8. The van der Waals surface area contributed by atoms with Gasteiger partial charge in [-0.25, -0.2) is 0 Å². The maximum Gasteiger partial charge on any atom is 0.0294 e. The van der Waals surface area contributed by atoms with Crippen LogP contribution in [-0.4, -0.2) is 6.04 Å². The highest BCUT2D eigenvalue weighted by Crippen LogP contribution is 2.16. The average Bonchev–Trinajstić information content (AvgIpc) is 2.37. The predicted octanol–water partition coefficient (Wildman–Crippen LogP) is 4.48. The Bertz CT molecular complexity index is 298. The van der Waals surface area contributed by atoms with Crippen molar-refractivity contribution in [2.24, 2.45) is 0 Å². The molecule has 0 saturated carbocycles. The Kier molecular flexibility index (Phi) is 6.28. The minimum Gasteiger partial charge on any atom is -0.307 e.